The molecule has 3 rings (SSSR count). The molecule has 0 aliphatic carbocycles. The van der Waals surface area contributed by atoms with E-state index in [0.717, 1.165) is 30.7 Å². The summed E-state index contributed by atoms with van der Waals surface area (Å²) in [7, 11) is 0. The summed E-state index contributed by atoms with van der Waals surface area (Å²) in [5.74, 6) is 0.725. The molecule has 7 nitrogen and oxygen atoms in total. The molecule has 2 aromatic rings. The Kier molecular flexibility index (Phi) is 5.87. The number of rotatable bonds is 1. The van der Waals surface area contributed by atoms with E-state index in [2.05, 4.69) is 10.1 Å². The van der Waals surface area contributed by atoms with Gasteiger partial charge in [0.2, 0.25) is 0 Å². The Bertz CT molecular complexity index is 720. The average molecular weight is 347 g/mol. The highest BCUT2D eigenvalue weighted by Gasteiger charge is 2.29. The highest BCUT2D eigenvalue weighted by Crippen LogP contribution is 2.28. The molecular weight excluding hydrogens is 318 g/mol. The van der Waals surface area contributed by atoms with E-state index < -0.39 is 5.60 Å². The van der Waals surface area contributed by atoms with Gasteiger partial charge in [-0.2, -0.15) is 9.61 Å². The maximum Gasteiger partial charge on any atom is 0.410 e. The molecule has 2 N–H and O–H groups in total. The maximum atomic E-state index is 12.3. The molecule has 1 saturated heterocycles. The van der Waals surface area contributed by atoms with Crippen LogP contribution >= 0.6 is 0 Å². The summed E-state index contributed by atoms with van der Waals surface area (Å²) in [5.41, 5.74) is 7.20. The fourth-order valence-electron chi connectivity index (χ4n) is 2.88. The molecule has 1 atom stereocenters. The highest BCUT2D eigenvalue weighted by atomic mass is 16.6. The monoisotopic (exact) mass is 347 g/mol. The van der Waals surface area contributed by atoms with Crippen LogP contribution in [0.3, 0.4) is 0 Å². The van der Waals surface area contributed by atoms with Gasteiger partial charge in [0.1, 0.15) is 11.4 Å². The second-order valence-corrected chi connectivity index (χ2v) is 6.97. The van der Waals surface area contributed by atoms with Crippen LogP contribution in [-0.2, 0) is 4.74 Å². The first-order valence-electron chi connectivity index (χ1n) is 8.91. The molecule has 0 radical (unpaired) electrons. The van der Waals surface area contributed by atoms with Gasteiger partial charge in [-0.1, -0.05) is 13.8 Å². The lowest BCUT2D eigenvalue weighted by atomic mass is 9.94. The summed E-state index contributed by atoms with van der Waals surface area (Å²) in [6.07, 6.45) is 3.32. The van der Waals surface area contributed by atoms with Crippen LogP contribution in [0.5, 0.6) is 0 Å². The summed E-state index contributed by atoms with van der Waals surface area (Å²) in [4.78, 5) is 18.7. The third-order valence-corrected chi connectivity index (χ3v) is 3.90. The second kappa shape index (κ2) is 7.72. The van der Waals surface area contributed by atoms with Crippen LogP contribution in [0.25, 0.3) is 5.65 Å². The van der Waals surface area contributed by atoms with Gasteiger partial charge in [0.15, 0.2) is 5.65 Å². The molecule has 0 saturated carbocycles. The number of hydrogen-bond donors (Lipinski definition) is 1. The number of carbonyl (C=O) groups excluding carboxylic acids is 1. The van der Waals surface area contributed by atoms with E-state index in [1.54, 1.807) is 15.6 Å². The number of nitrogens with zero attached hydrogens (tertiary/aromatic N) is 4. The topological polar surface area (TPSA) is 85.8 Å². The van der Waals surface area contributed by atoms with Crippen molar-refractivity contribution in [2.75, 3.05) is 18.8 Å². The maximum absolute atomic E-state index is 12.3. The number of fused-ring (bicyclic) bond motifs is 1. The Hall–Kier alpha value is -2.31. The SMILES string of the molecule is CC.CC(C)(C)OC(=O)N1CCCC(c2cc(N)n3nccc3n2)C1. The smallest absolute Gasteiger partial charge is 0.410 e. The van der Waals surface area contributed by atoms with Gasteiger partial charge in [0, 0.05) is 31.1 Å². The minimum atomic E-state index is -0.483. The molecule has 25 heavy (non-hydrogen) atoms. The molecule has 1 aliphatic rings. The fraction of sp³-hybridized carbons (Fsp3) is 0.611. The van der Waals surface area contributed by atoms with Gasteiger partial charge in [-0.3, -0.25) is 0 Å². The van der Waals surface area contributed by atoms with Gasteiger partial charge >= 0.3 is 6.09 Å². The number of piperidine rings is 1. The third kappa shape index (κ3) is 4.61. The zero-order valence-electron chi connectivity index (χ0n) is 15.8. The predicted octanol–water partition coefficient (Wildman–Crippen LogP) is 3.45. The van der Waals surface area contributed by atoms with Crippen molar-refractivity contribution in [1.82, 2.24) is 19.5 Å². The quantitative estimate of drug-likeness (QED) is 0.854. The first kappa shape index (κ1) is 19.0. The zero-order chi connectivity index (χ0) is 18.6. The number of aromatic nitrogens is 3. The summed E-state index contributed by atoms with van der Waals surface area (Å²) >= 11 is 0. The molecule has 1 amide bonds. The summed E-state index contributed by atoms with van der Waals surface area (Å²) in [6.45, 7) is 11.0. The van der Waals surface area contributed by atoms with E-state index in [1.165, 1.54) is 0 Å². The van der Waals surface area contributed by atoms with Gasteiger partial charge in [-0.15, -0.1) is 0 Å². The number of amides is 1. The number of hydrogen-bond acceptors (Lipinski definition) is 5. The number of ether oxygens (including phenoxy) is 1. The number of likely N-dealkylation sites (tertiary alicyclic amines) is 1. The Morgan fingerprint density at radius 2 is 2.08 bits per heavy atom. The first-order valence-corrected chi connectivity index (χ1v) is 8.91. The molecule has 3 heterocycles. The van der Waals surface area contributed by atoms with Crippen LogP contribution in [0.2, 0.25) is 0 Å². The Morgan fingerprint density at radius 1 is 1.36 bits per heavy atom. The van der Waals surface area contributed by atoms with Crippen LogP contribution in [0.4, 0.5) is 10.6 Å². The van der Waals surface area contributed by atoms with Gasteiger partial charge in [-0.25, -0.2) is 9.78 Å². The average Bonchev–Trinajstić information content (AvgIpc) is 3.04. The van der Waals surface area contributed by atoms with Crippen molar-refractivity contribution in [1.29, 1.82) is 0 Å². The van der Waals surface area contributed by atoms with E-state index in [9.17, 15) is 4.79 Å². The van der Waals surface area contributed by atoms with Gasteiger partial charge < -0.3 is 15.4 Å². The number of anilines is 1. The molecule has 2 aromatic heterocycles. The molecule has 1 unspecified atom stereocenters. The molecule has 138 valence electrons. The fourth-order valence-corrected chi connectivity index (χ4v) is 2.88. The normalized spacial score (nSPS) is 17.8. The Morgan fingerprint density at radius 3 is 2.76 bits per heavy atom. The summed E-state index contributed by atoms with van der Waals surface area (Å²) in [5, 5.41) is 4.13. The highest BCUT2D eigenvalue weighted by molar-refractivity contribution is 5.68. The lowest BCUT2D eigenvalue weighted by molar-refractivity contribution is 0.0197. The van der Waals surface area contributed by atoms with E-state index in [4.69, 9.17) is 10.5 Å². The molecule has 0 aromatic carbocycles. The molecule has 7 heteroatoms. The van der Waals surface area contributed by atoms with E-state index >= 15 is 0 Å². The van der Waals surface area contributed by atoms with E-state index in [-0.39, 0.29) is 12.0 Å². The third-order valence-electron chi connectivity index (χ3n) is 3.90. The molecular formula is C18H29N5O2. The molecule has 1 fully saturated rings. The van der Waals surface area contributed by atoms with Gasteiger partial charge in [0.25, 0.3) is 0 Å². The summed E-state index contributed by atoms with van der Waals surface area (Å²) in [6, 6.07) is 3.68. The van der Waals surface area contributed by atoms with Crippen molar-refractivity contribution in [3.8, 4) is 0 Å². The first-order chi connectivity index (χ1) is 11.8. The largest absolute Gasteiger partial charge is 0.444 e. The van der Waals surface area contributed by atoms with Crippen molar-refractivity contribution in [2.24, 2.45) is 0 Å². The van der Waals surface area contributed by atoms with Crippen LogP contribution in [0.15, 0.2) is 18.3 Å². The van der Waals surface area contributed by atoms with Crippen LogP contribution < -0.4 is 5.73 Å². The predicted molar refractivity (Wildman–Crippen MR) is 98.5 cm³/mol. The van der Waals surface area contributed by atoms with E-state index in [1.807, 2.05) is 46.8 Å². The van der Waals surface area contributed by atoms with Crippen molar-refractivity contribution >= 4 is 17.6 Å². The number of nitrogens with two attached hydrogens (primary N) is 1. The number of nitrogen functional groups attached to an aromatic ring is 1. The summed E-state index contributed by atoms with van der Waals surface area (Å²) < 4.78 is 7.08. The second-order valence-electron chi connectivity index (χ2n) is 6.97. The van der Waals surface area contributed by atoms with Crippen molar-refractivity contribution in [3.05, 3.63) is 24.0 Å². The lowest BCUT2D eigenvalue weighted by Gasteiger charge is -2.34. The molecule has 0 bridgehead atoms. The minimum absolute atomic E-state index is 0.165. The molecule has 1 aliphatic heterocycles. The van der Waals surface area contributed by atoms with E-state index in [0.29, 0.717) is 12.4 Å². The van der Waals surface area contributed by atoms with Crippen molar-refractivity contribution in [3.63, 3.8) is 0 Å². The lowest BCUT2D eigenvalue weighted by Crippen LogP contribution is -2.42. The Labute approximate surface area is 149 Å². The zero-order valence-corrected chi connectivity index (χ0v) is 15.8. The van der Waals surface area contributed by atoms with Crippen molar-refractivity contribution in [2.45, 2.75) is 59.0 Å². The van der Waals surface area contributed by atoms with Gasteiger partial charge in [0.05, 0.1) is 11.9 Å². The minimum Gasteiger partial charge on any atom is -0.444 e. The standard InChI is InChI=1S/C16H23N5O2.C2H6/c1-16(2,3)23-15(22)20-8-4-5-11(10-20)12-9-13(17)21-14(19-12)6-7-18-21;1-2/h6-7,9,11H,4-5,8,10,17H2,1-3H3;1-2H3. The van der Waals surface area contributed by atoms with Gasteiger partial charge in [-0.05, 0) is 33.6 Å². The van der Waals surface area contributed by atoms with Crippen LogP contribution in [0.1, 0.15) is 59.1 Å². The van der Waals surface area contributed by atoms with Crippen LogP contribution in [0, 0.1) is 0 Å². The Balaban J connectivity index is 0.00000109. The molecule has 0 spiro atoms. The van der Waals surface area contributed by atoms with Crippen LogP contribution in [-0.4, -0.2) is 44.3 Å². The number of carbonyl (C=O) groups is 1. The van der Waals surface area contributed by atoms with Crippen molar-refractivity contribution < 1.29 is 9.53 Å².